The molecule has 0 radical (unpaired) electrons. The van der Waals surface area contributed by atoms with Crippen molar-refractivity contribution in [2.75, 3.05) is 45.3 Å². The number of ether oxygens (including phenoxy) is 2. The first-order valence-electron chi connectivity index (χ1n) is 9.79. The Morgan fingerprint density at radius 2 is 2.25 bits per heavy atom. The first-order chi connectivity index (χ1) is 13.7. The van der Waals surface area contributed by atoms with E-state index in [1.54, 1.807) is 19.2 Å². The number of rotatable bonds is 6. The molecule has 1 aromatic heterocycles. The SMILES string of the molecule is COCCN1CCCC(Nc2nnc(C3COc4cccc(O)c43)c(C)n2)C1. The van der Waals surface area contributed by atoms with Crippen LogP contribution in [0.4, 0.5) is 5.95 Å². The van der Waals surface area contributed by atoms with Gasteiger partial charge in [-0.05, 0) is 38.4 Å². The van der Waals surface area contributed by atoms with Gasteiger partial charge in [-0.3, -0.25) is 4.90 Å². The molecule has 2 aromatic rings. The maximum atomic E-state index is 10.2. The summed E-state index contributed by atoms with van der Waals surface area (Å²) in [7, 11) is 1.73. The van der Waals surface area contributed by atoms with Crippen molar-refractivity contribution in [3.8, 4) is 11.5 Å². The van der Waals surface area contributed by atoms with E-state index in [0.717, 1.165) is 56.0 Å². The van der Waals surface area contributed by atoms with Crippen LogP contribution in [0.5, 0.6) is 11.5 Å². The maximum absolute atomic E-state index is 10.2. The fourth-order valence-electron chi connectivity index (χ4n) is 4.06. The van der Waals surface area contributed by atoms with Crippen LogP contribution in [0.15, 0.2) is 18.2 Å². The highest BCUT2D eigenvalue weighted by Gasteiger charge is 2.32. The van der Waals surface area contributed by atoms with Crippen LogP contribution in [0.3, 0.4) is 0 Å². The van der Waals surface area contributed by atoms with Gasteiger partial charge in [0, 0.05) is 31.8 Å². The van der Waals surface area contributed by atoms with Crippen molar-refractivity contribution < 1.29 is 14.6 Å². The van der Waals surface area contributed by atoms with E-state index in [-0.39, 0.29) is 11.7 Å². The van der Waals surface area contributed by atoms with Crippen LogP contribution >= 0.6 is 0 Å². The number of benzene rings is 1. The molecule has 2 N–H and O–H groups in total. The summed E-state index contributed by atoms with van der Waals surface area (Å²) in [5.41, 5.74) is 2.31. The Labute approximate surface area is 164 Å². The van der Waals surface area contributed by atoms with Gasteiger partial charge in [0.1, 0.15) is 18.1 Å². The number of nitrogens with one attached hydrogen (secondary N) is 1. The van der Waals surface area contributed by atoms with E-state index in [0.29, 0.717) is 24.3 Å². The number of fused-ring (bicyclic) bond motifs is 1. The number of phenols is 1. The van der Waals surface area contributed by atoms with Crippen molar-refractivity contribution in [2.24, 2.45) is 0 Å². The van der Waals surface area contributed by atoms with Gasteiger partial charge in [-0.25, -0.2) is 4.98 Å². The number of nitrogens with zero attached hydrogens (tertiary/aromatic N) is 4. The van der Waals surface area contributed by atoms with Gasteiger partial charge in [-0.15, -0.1) is 10.2 Å². The number of likely N-dealkylation sites (tertiary alicyclic amines) is 1. The molecule has 28 heavy (non-hydrogen) atoms. The van der Waals surface area contributed by atoms with Crippen LogP contribution < -0.4 is 10.1 Å². The van der Waals surface area contributed by atoms with Crippen molar-refractivity contribution in [3.63, 3.8) is 0 Å². The summed E-state index contributed by atoms with van der Waals surface area (Å²) in [5.74, 6) is 1.33. The van der Waals surface area contributed by atoms with Crippen LogP contribution in [0.25, 0.3) is 0 Å². The summed E-state index contributed by atoms with van der Waals surface area (Å²) in [4.78, 5) is 7.03. The molecule has 8 nitrogen and oxygen atoms in total. The van der Waals surface area contributed by atoms with Crippen LogP contribution in [0.1, 0.15) is 35.7 Å². The minimum Gasteiger partial charge on any atom is -0.508 e. The van der Waals surface area contributed by atoms with E-state index in [4.69, 9.17) is 9.47 Å². The maximum Gasteiger partial charge on any atom is 0.243 e. The average Bonchev–Trinajstić information content (AvgIpc) is 3.12. The number of aryl methyl sites for hydroxylation is 1. The third-order valence-corrected chi connectivity index (χ3v) is 5.47. The van der Waals surface area contributed by atoms with Crippen molar-refractivity contribution in [2.45, 2.75) is 31.7 Å². The number of aromatic hydroxyl groups is 1. The summed E-state index contributed by atoms with van der Waals surface area (Å²) >= 11 is 0. The van der Waals surface area contributed by atoms with Crippen molar-refractivity contribution in [3.05, 3.63) is 35.2 Å². The van der Waals surface area contributed by atoms with Crippen LogP contribution in [-0.4, -0.2) is 71.2 Å². The molecule has 0 saturated carbocycles. The number of aromatic nitrogens is 3. The van der Waals surface area contributed by atoms with E-state index >= 15 is 0 Å². The molecule has 8 heteroatoms. The normalized spacial score (nSPS) is 21.9. The second-order valence-electron chi connectivity index (χ2n) is 7.44. The first kappa shape index (κ1) is 18.9. The van der Waals surface area contributed by atoms with E-state index in [1.165, 1.54) is 0 Å². The van der Waals surface area contributed by atoms with Crippen LogP contribution in [0.2, 0.25) is 0 Å². The minimum atomic E-state index is -0.149. The summed E-state index contributed by atoms with van der Waals surface area (Å²) in [6.07, 6.45) is 2.23. The van der Waals surface area contributed by atoms with Gasteiger partial charge in [0.15, 0.2) is 0 Å². The molecule has 0 aliphatic carbocycles. The van der Waals surface area contributed by atoms with E-state index < -0.39 is 0 Å². The molecular formula is C20H27N5O3. The Kier molecular flexibility index (Phi) is 5.59. The molecule has 1 aromatic carbocycles. The topological polar surface area (TPSA) is 92.6 Å². The fraction of sp³-hybridized carbons (Fsp3) is 0.550. The van der Waals surface area contributed by atoms with Crippen molar-refractivity contribution in [1.82, 2.24) is 20.1 Å². The van der Waals surface area contributed by atoms with E-state index in [9.17, 15) is 5.11 Å². The Bertz CT molecular complexity index is 831. The zero-order chi connectivity index (χ0) is 19.5. The van der Waals surface area contributed by atoms with Crippen LogP contribution in [0, 0.1) is 6.92 Å². The van der Waals surface area contributed by atoms with Gasteiger partial charge in [-0.1, -0.05) is 6.07 Å². The number of hydrogen-bond donors (Lipinski definition) is 2. The van der Waals surface area contributed by atoms with Crippen molar-refractivity contribution in [1.29, 1.82) is 0 Å². The summed E-state index contributed by atoms with van der Waals surface area (Å²) in [5, 5.41) is 22.4. The number of methoxy groups -OCH3 is 1. The van der Waals surface area contributed by atoms with Crippen molar-refractivity contribution >= 4 is 5.95 Å². The lowest BCUT2D eigenvalue weighted by atomic mass is 9.95. The van der Waals surface area contributed by atoms with Gasteiger partial charge in [0.25, 0.3) is 0 Å². The Balaban J connectivity index is 1.46. The third-order valence-electron chi connectivity index (χ3n) is 5.47. The smallest absolute Gasteiger partial charge is 0.243 e. The lowest BCUT2D eigenvalue weighted by Crippen LogP contribution is -2.43. The van der Waals surface area contributed by atoms with Gasteiger partial charge in [0.05, 0.1) is 23.9 Å². The monoisotopic (exact) mass is 385 g/mol. The standard InChI is InChI=1S/C20H27N5O3/c1-13-19(15-12-28-17-7-3-6-16(26)18(15)17)23-24-20(21-13)22-14-5-4-8-25(11-14)9-10-27-2/h3,6-7,14-15,26H,4-5,8-12H2,1-2H3,(H,21,22,24). The molecule has 0 bridgehead atoms. The number of hydrogen-bond acceptors (Lipinski definition) is 8. The molecule has 1 saturated heterocycles. The molecule has 1 fully saturated rings. The Morgan fingerprint density at radius 3 is 3.07 bits per heavy atom. The van der Waals surface area contributed by atoms with E-state index in [1.807, 2.05) is 13.0 Å². The Hall–Kier alpha value is -2.45. The molecule has 2 aliphatic rings. The largest absolute Gasteiger partial charge is 0.508 e. The molecule has 2 unspecified atom stereocenters. The lowest BCUT2D eigenvalue weighted by Gasteiger charge is -2.32. The molecule has 3 heterocycles. The molecule has 2 aliphatic heterocycles. The molecule has 0 spiro atoms. The van der Waals surface area contributed by atoms with E-state index in [2.05, 4.69) is 25.4 Å². The zero-order valence-electron chi connectivity index (χ0n) is 16.4. The molecular weight excluding hydrogens is 358 g/mol. The number of phenolic OH excluding ortho intramolecular Hbond substituents is 1. The lowest BCUT2D eigenvalue weighted by molar-refractivity contribution is 0.131. The molecule has 150 valence electrons. The summed E-state index contributed by atoms with van der Waals surface area (Å²) in [6.45, 7) is 6.11. The zero-order valence-corrected chi connectivity index (χ0v) is 16.4. The highest BCUT2D eigenvalue weighted by molar-refractivity contribution is 5.52. The number of anilines is 1. The molecule has 2 atom stereocenters. The highest BCUT2D eigenvalue weighted by atomic mass is 16.5. The predicted octanol–water partition coefficient (Wildman–Crippen LogP) is 1.93. The second kappa shape index (κ2) is 8.28. The van der Waals surface area contributed by atoms with Crippen LogP contribution in [-0.2, 0) is 4.74 Å². The summed E-state index contributed by atoms with van der Waals surface area (Å²) in [6, 6.07) is 5.61. The average molecular weight is 385 g/mol. The van der Waals surface area contributed by atoms with Gasteiger partial charge in [0.2, 0.25) is 5.95 Å². The second-order valence-corrected chi connectivity index (χ2v) is 7.44. The fourth-order valence-corrected chi connectivity index (χ4v) is 4.06. The molecule has 4 rings (SSSR count). The predicted molar refractivity (Wildman–Crippen MR) is 105 cm³/mol. The Morgan fingerprint density at radius 1 is 1.36 bits per heavy atom. The van der Waals surface area contributed by atoms with Gasteiger partial charge < -0.3 is 19.9 Å². The molecule has 0 amide bonds. The number of piperidine rings is 1. The minimum absolute atomic E-state index is 0.149. The highest BCUT2D eigenvalue weighted by Crippen LogP contribution is 2.43. The first-order valence-corrected chi connectivity index (χ1v) is 9.79. The van der Waals surface area contributed by atoms with Gasteiger partial charge in [-0.2, -0.15) is 0 Å². The summed E-state index contributed by atoms with van der Waals surface area (Å²) < 4.78 is 10.9. The van der Waals surface area contributed by atoms with Gasteiger partial charge >= 0.3 is 0 Å². The quantitative estimate of drug-likeness (QED) is 0.779. The third kappa shape index (κ3) is 3.88.